The number of carbonyl (C=O) groups excluding carboxylic acids is 1. The van der Waals surface area contributed by atoms with Crippen LogP contribution >= 0.6 is 0 Å². The number of aryl methyl sites for hydroxylation is 1. The van der Waals surface area contributed by atoms with E-state index in [1.165, 1.54) is 11.1 Å². The number of carbonyl (C=O) groups is 1. The third kappa shape index (κ3) is 2.02. The minimum absolute atomic E-state index is 0.121. The molecule has 0 aromatic heterocycles. The number of hydroxylamine groups is 2. The van der Waals surface area contributed by atoms with E-state index in [0.29, 0.717) is 11.0 Å². The van der Waals surface area contributed by atoms with Gasteiger partial charge in [0.1, 0.15) is 0 Å². The van der Waals surface area contributed by atoms with Gasteiger partial charge in [-0.2, -0.15) is 0 Å². The lowest BCUT2D eigenvalue weighted by atomic mass is 9.75. The normalized spacial score (nSPS) is 23.6. The Morgan fingerprint density at radius 1 is 1.38 bits per heavy atom. The van der Waals surface area contributed by atoms with Gasteiger partial charge in [0.2, 0.25) is 0 Å². The predicted molar refractivity (Wildman–Crippen MR) is 60.2 cm³/mol. The van der Waals surface area contributed by atoms with Gasteiger partial charge in [-0.1, -0.05) is 29.8 Å². The number of hydrogen-bond acceptors (Lipinski definition) is 2. The summed E-state index contributed by atoms with van der Waals surface area (Å²) in [6.45, 7) is 2.05. The molecular weight excluding hydrogens is 204 g/mol. The lowest BCUT2D eigenvalue weighted by molar-refractivity contribution is -0.102. The van der Waals surface area contributed by atoms with Gasteiger partial charge < -0.3 is 5.73 Å². The van der Waals surface area contributed by atoms with E-state index in [4.69, 9.17) is 5.73 Å². The first-order valence-corrected chi connectivity index (χ1v) is 5.42. The van der Waals surface area contributed by atoms with Crippen LogP contribution in [0.3, 0.4) is 0 Å². The Balaban J connectivity index is 1.93. The van der Waals surface area contributed by atoms with Gasteiger partial charge in [-0.25, -0.2) is 9.86 Å². The van der Waals surface area contributed by atoms with Crippen molar-refractivity contribution in [2.75, 3.05) is 0 Å². The molecule has 0 unspecified atom stereocenters. The lowest BCUT2D eigenvalue weighted by Gasteiger charge is -2.39. The van der Waals surface area contributed by atoms with Crippen molar-refractivity contribution in [3.8, 4) is 0 Å². The molecule has 0 bridgehead atoms. The highest BCUT2D eigenvalue weighted by molar-refractivity contribution is 5.71. The summed E-state index contributed by atoms with van der Waals surface area (Å²) in [7, 11) is 0. The molecule has 2 rings (SSSR count). The molecule has 1 fully saturated rings. The molecule has 3 N–H and O–H groups in total. The highest BCUT2D eigenvalue weighted by atomic mass is 16.5. The summed E-state index contributed by atoms with van der Waals surface area (Å²) in [4.78, 5) is 10.7. The van der Waals surface area contributed by atoms with Crippen LogP contribution in [0.25, 0.3) is 0 Å². The summed E-state index contributed by atoms with van der Waals surface area (Å²) in [5.41, 5.74) is 7.49. The molecule has 4 heteroatoms. The van der Waals surface area contributed by atoms with Gasteiger partial charge in [0.15, 0.2) is 0 Å². The van der Waals surface area contributed by atoms with Gasteiger partial charge in [-0.3, -0.25) is 5.21 Å². The van der Waals surface area contributed by atoms with E-state index < -0.39 is 6.03 Å². The summed E-state index contributed by atoms with van der Waals surface area (Å²) in [6.07, 6.45) is 1.56. The smallest absolute Gasteiger partial charge is 0.338 e. The molecule has 0 saturated heterocycles. The number of primary amides is 1. The number of hydrogen-bond donors (Lipinski definition) is 2. The maximum absolute atomic E-state index is 10.7. The van der Waals surface area contributed by atoms with E-state index in [0.717, 1.165) is 12.8 Å². The maximum Gasteiger partial charge on any atom is 0.338 e. The number of nitrogens with two attached hydrogens (primary N) is 1. The third-order valence-corrected chi connectivity index (χ3v) is 3.23. The van der Waals surface area contributed by atoms with Gasteiger partial charge >= 0.3 is 6.03 Å². The molecule has 1 aromatic carbocycles. The fraction of sp³-hybridized carbons (Fsp3) is 0.417. The quantitative estimate of drug-likeness (QED) is 0.591. The molecule has 2 amide bonds. The van der Waals surface area contributed by atoms with Crippen LogP contribution in [0.15, 0.2) is 24.3 Å². The van der Waals surface area contributed by atoms with Gasteiger partial charge in [0, 0.05) is 0 Å². The van der Waals surface area contributed by atoms with Crippen LogP contribution in [0, 0.1) is 6.92 Å². The first-order chi connectivity index (χ1) is 7.58. The number of benzene rings is 1. The van der Waals surface area contributed by atoms with Crippen LogP contribution < -0.4 is 5.73 Å². The molecule has 1 aliphatic carbocycles. The van der Waals surface area contributed by atoms with E-state index in [-0.39, 0.29) is 6.04 Å². The third-order valence-electron chi connectivity index (χ3n) is 3.23. The Bertz CT molecular complexity index is 383. The van der Waals surface area contributed by atoms with Crippen LogP contribution in [-0.2, 0) is 0 Å². The van der Waals surface area contributed by atoms with Crippen molar-refractivity contribution in [3.05, 3.63) is 35.4 Å². The standard InChI is InChI=1S/C12H16N2O2/c1-8-2-4-9(5-3-8)10-6-11(7-10)14(16)12(13)15/h2-5,10-11,16H,6-7H2,1H3,(H2,13,15)/t10-,11-. The molecule has 1 aromatic rings. The van der Waals surface area contributed by atoms with Gasteiger partial charge in [-0.15, -0.1) is 0 Å². The zero-order valence-corrected chi connectivity index (χ0v) is 9.26. The summed E-state index contributed by atoms with van der Waals surface area (Å²) in [5, 5.41) is 9.96. The van der Waals surface area contributed by atoms with Crippen molar-refractivity contribution in [3.63, 3.8) is 0 Å². The highest BCUT2D eigenvalue weighted by Crippen LogP contribution is 2.39. The second kappa shape index (κ2) is 4.14. The Hall–Kier alpha value is -1.55. The van der Waals surface area contributed by atoms with E-state index >= 15 is 0 Å². The molecule has 0 aliphatic heterocycles. The fourth-order valence-corrected chi connectivity index (χ4v) is 2.08. The zero-order chi connectivity index (χ0) is 11.7. The van der Waals surface area contributed by atoms with Crippen molar-refractivity contribution in [2.45, 2.75) is 31.7 Å². The number of rotatable bonds is 2. The Morgan fingerprint density at radius 3 is 2.44 bits per heavy atom. The first-order valence-electron chi connectivity index (χ1n) is 5.42. The van der Waals surface area contributed by atoms with E-state index in [9.17, 15) is 10.0 Å². The van der Waals surface area contributed by atoms with Crippen LogP contribution in [0.1, 0.15) is 29.9 Å². The minimum Gasteiger partial charge on any atom is -0.350 e. The average Bonchev–Trinajstić information content (AvgIpc) is 2.18. The van der Waals surface area contributed by atoms with Crippen molar-refractivity contribution in [1.29, 1.82) is 0 Å². The second-order valence-corrected chi connectivity index (χ2v) is 4.42. The van der Waals surface area contributed by atoms with Crippen molar-refractivity contribution >= 4 is 6.03 Å². The van der Waals surface area contributed by atoms with Crippen molar-refractivity contribution < 1.29 is 10.0 Å². The van der Waals surface area contributed by atoms with E-state index in [2.05, 4.69) is 31.2 Å². The Labute approximate surface area is 94.6 Å². The van der Waals surface area contributed by atoms with E-state index in [1.807, 2.05) is 0 Å². The van der Waals surface area contributed by atoms with Crippen molar-refractivity contribution in [2.24, 2.45) is 5.73 Å². The molecule has 86 valence electrons. The molecule has 16 heavy (non-hydrogen) atoms. The predicted octanol–water partition coefficient (Wildman–Crippen LogP) is 2.01. The van der Waals surface area contributed by atoms with Crippen LogP contribution in [0.2, 0.25) is 0 Å². The molecule has 1 saturated carbocycles. The molecule has 0 atom stereocenters. The van der Waals surface area contributed by atoms with Crippen LogP contribution in [-0.4, -0.2) is 22.3 Å². The number of urea groups is 1. The van der Waals surface area contributed by atoms with E-state index in [1.54, 1.807) is 0 Å². The minimum atomic E-state index is -0.771. The summed E-state index contributed by atoms with van der Waals surface area (Å²) < 4.78 is 0. The topological polar surface area (TPSA) is 66.6 Å². The van der Waals surface area contributed by atoms with Crippen LogP contribution in [0.5, 0.6) is 0 Å². The van der Waals surface area contributed by atoms with Gasteiger partial charge in [0.05, 0.1) is 6.04 Å². The Morgan fingerprint density at radius 2 is 1.94 bits per heavy atom. The average molecular weight is 220 g/mol. The Kier molecular flexibility index (Phi) is 2.83. The summed E-state index contributed by atoms with van der Waals surface area (Å²) in [5.74, 6) is 0.430. The number of amides is 2. The maximum atomic E-state index is 10.7. The fourth-order valence-electron chi connectivity index (χ4n) is 2.08. The monoisotopic (exact) mass is 220 g/mol. The number of nitrogens with zero attached hydrogens (tertiary/aromatic N) is 1. The second-order valence-electron chi connectivity index (χ2n) is 4.42. The summed E-state index contributed by atoms with van der Waals surface area (Å²) in [6, 6.07) is 7.46. The summed E-state index contributed by atoms with van der Waals surface area (Å²) >= 11 is 0. The SMILES string of the molecule is Cc1ccc([C@H]2C[C@H](N(O)C(N)=O)C2)cc1. The van der Waals surface area contributed by atoms with Crippen LogP contribution in [0.4, 0.5) is 4.79 Å². The molecule has 4 nitrogen and oxygen atoms in total. The molecule has 0 heterocycles. The largest absolute Gasteiger partial charge is 0.350 e. The highest BCUT2D eigenvalue weighted by Gasteiger charge is 2.35. The van der Waals surface area contributed by atoms with Gasteiger partial charge in [0.25, 0.3) is 0 Å². The molecule has 0 spiro atoms. The zero-order valence-electron chi connectivity index (χ0n) is 9.26. The molecular formula is C12H16N2O2. The first kappa shape index (κ1) is 11.0. The molecule has 0 radical (unpaired) electrons. The molecule has 1 aliphatic rings. The van der Waals surface area contributed by atoms with Gasteiger partial charge in [-0.05, 0) is 31.2 Å². The lowest BCUT2D eigenvalue weighted by Crippen LogP contribution is -2.47. The van der Waals surface area contributed by atoms with Crippen molar-refractivity contribution in [1.82, 2.24) is 5.06 Å².